The lowest BCUT2D eigenvalue weighted by Gasteiger charge is -2.16. The molecule has 0 aliphatic heterocycles. The van der Waals surface area contributed by atoms with Gasteiger partial charge in [-0.25, -0.2) is 4.39 Å². The maximum atomic E-state index is 13.9. The number of benzene rings is 1. The lowest BCUT2D eigenvalue weighted by molar-refractivity contribution is 0.604. The van der Waals surface area contributed by atoms with E-state index in [-0.39, 0.29) is 11.2 Å². The SMILES string of the molecule is CC(C)(C)c1ccc(C(Cl)c2c(F)cccc2Cl)s1. The molecule has 4 heteroatoms. The van der Waals surface area contributed by atoms with E-state index < -0.39 is 5.38 Å². The van der Waals surface area contributed by atoms with Crippen molar-refractivity contribution in [3.8, 4) is 0 Å². The van der Waals surface area contributed by atoms with Gasteiger partial charge < -0.3 is 0 Å². The van der Waals surface area contributed by atoms with E-state index in [9.17, 15) is 4.39 Å². The summed E-state index contributed by atoms with van der Waals surface area (Å²) in [5.41, 5.74) is 0.423. The van der Waals surface area contributed by atoms with E-state index in [1.165, 1.54) is 10.9 Å². The van der Waals surface area contributed by atoms with Gasteiger partial charge in [0.15, 0.2) is 0 Å². The van der Waals surface area contributed by atoms with E-state index in [1.54, 1.807) is 23.5 Å². The standard InChI is InChI=1S/C15H15Cl2FS/c1-15(2,3)12-8-7-11(19-12)14(17)13-9(16)5-4-6-10(13)18/h4-8,14H,1-3H3. The van der Waals surface area contributed by atoms with Crippen molar-refractivity contribution in [2.24, 2.45) is 0 Å². The van der Waals surface area contributed by atoms with Gasteiger partial charge >= 0.3 is 0 Å². The predicted molar refractivity (Wildman–Crippen MR) is 82.1 cm³/mol. The number of halogens is 3. The molecule has 0 nitrogen and oxygen atoms in total. The lowest BCUT2D eigenvalue weighted by atomic mass is 9.95. The first-order valence-electron chi connectivity index (χ1n) is 5.99. The second kappa shape index (κ2) is 5.43. The van der Waals surface area contributed by atoms with Crippen LogP contribution in [-0.4, -0.2) is 0 Å². The average molecular weight is 317 g/mol. The molecule has 0 N–H and O–H groups in total. The molecule has 0 radical (unpaired) electrons. The monoisotopic (exact) mass is 316 g/mol. The fraction of sp³-hybridized carbons (Fsp3) is 0.333. The van der Waals surface area contributed by atoms with Crippen LogP contribution in [0.5, 0.6) is 0 Å². The van der Waals surface area contributed by atoms with E-state index in [4.69, 9.17) is 23.2 Å². The molecule has 0 aliphatic carbocycles. The fourth-order valence-electron chi connectivity index (χ4n) is 1.79. The third kappa shape index (κ3) is 3.13. The van der Waals surface area contributed by atoms with E-state index >= 15 is 0 Å². The Morgan fingerprint density at radius 3 is 2.37 bits per heavy atom. The van der Waals surface area contributed by atoms with Crippen LogP contribution in [0.1, 0.15) is 41.5 Å². The van der Waals surface area contributed by atoms with Gasteiger partial charge in [0.1, 0.15) is 5.82 Å². The Bertz CT molecular complexity index is 564. The van der Waals surface area contributed by atoms with Crippen LogP contribution in [-0.2, 0) is 5.41 Å². The van der Waals surface area contributed by atoms with Gasteiger partial charge in [0, 0.05) is 20.3 Å². The fourth-order valence-corrected chi connectivity index (χ4v) is 3.60. The summed E-state index contributed by atoms with van der Waals surface area (Å²) in [4.78, 5) is 2.14. The van der Waals surface area contributed by atoms with Gasteiger partial charge in [-0.3, -0.25) is 0 Å². The predicted octanol–water partition coefficient (Wildman–Crippen LogP) is 6.17. The second-order valence-electron chi connectivity index (χ2n) is 5.45. The summed E-state index contributed by atoms with van der Waals surface area (Å²) >= 11 is 14.0. The van der Waals surface area contributed by atoms with Crippen LogP contribution >= 0.6 is 34.5 Å². The van der Waals surface area contributed by atoms with Crippen LogP contribution in [0.15, 0.2) is 30.3 Å². The molecule has 0 spiro atoms. The van der Waals surface area contributed by atoms with Crippen molar-refractivity contribution in [1.82, 2.24) is 0 Å². The maximum absolute atomic E-state index is 13.9. The van der Waals surface area contributed by atoms with Crippen molar-refractivity contribution < 1.29 is 4.39 Å². The third-order valence-electron chi connectivity index (χ3n) is 2.87. The van der Waals surface area contributed by atoms with Crippen molar-refractivity contribution in [2.45, 2.75) is 31.6 Å². The average Bonchev–Trinajstić information content (AvgIpc) is 2.77. The van der Waals surface area contributed by atoms with Gasteiger partial charge in [0.05, 0.1) is 5.38 Å². The molecule has 0 saturated heterocycles. The summed E-state index contributed by atoms with van der Waals surface area (Å²) in [6, 6.07) is 8.62. The minimum atomic E-state index is -0.546. The zero-order chi connectivity index (χ0) is 14.2. The molecule has 0 amide bonds. The minimum absolute atomic E-state index is 0.0680. The van der Waals surface area contributed by atoms with Crippen molar-refractivity contribution >= 4 is 34.5 Å². The number of thiophene rings is 1. The first-order valence-corrected chi connectivity index (χ1v) is 7.62. The number of hydrogen-bond acceptors (Lipinski definition) is 1. The summed E-state index contributed by atoms with van der Waals surface area (Å²) in [6.07, 6.45) is 0. The Kier molecular flexibility index (Phi) is 4.24. The topological polar surface area (TPSA) is 0 Å². The normalized spacial score (nSPS) is 13.6. The Morgan fingerprint density at radius 2 is 1.84 bits per heavy atom. The number of hydrogen-bond donors (Lipinski definition) is 0. The summed E-state index contributed by atoms with van der Waals surface area (Å²) in [5, 5.41) is -0.180. The molecule has 1 aromatic heterocycles. The Labute approximate surface area is 127 Å². The van der Waals surface area contributed by atoms with Gasteiger partial charge in [0.25, 0.3) is 0 Å². The van der Waals surface area contributed by atoms with E-state index in [0.717, 1.165) is 4.88 Å². The molecule has 2 rings (SSSR count). The van der Waals surface area contributed by atoms with E-state index in [1.807, 2.05) is 12.1 Å². The molecule has 2 aromatic rings. The maximum Gasteiger partial charge on any atom is 0.129 e. The van der Waals surface area contributed by atoms with Gasteiger partial charge in [-0.15, -0.1) is 22.9 Å². The van der Waals surface area contributed by atoms with Crippen LogP contribution in [0.2, 0.25) is 5.02 Å². The quantitative estimate of drug-likeness (QED) is 0.581. The van der Waals surface area contributed by atoms with Crippen LogP contribution in [0, 0.1) is 5.82 Å². The Morgan fingerprint density at radius 1 is 1.16 bits per heavy atom. The highest BCUT2D eigenvalue weighted by Gasteiger charge is 2.23. The highest BCUT2D eigenvalue weighted by molar-refractivity contribution is 7.12. The minimum Gasteiger partial charge on any atom is -0.207 e. The Balaban J connectivity index is 2.40. The van der Waals surface area contributed by atoms with Gasteiger partial charge in [-0.05, 0) is 29.7 Å². The summed E-state index contributed by atoms with van der Waals surface area (Å²) in [5.74, 6) is -0.363. The first-order chi connectivity index (χ1) is 8.80. The molecule has 0 fully saturated rings. The van der Waals surface area contributed by atoms with Crippen molar-refractivity contribution in [1.29, 1.82) is 0 Å². The first kappa shape index (κ1) is 14.8. The highest BCUT2D eigenvalue weighted by Crippen LogP contribution is 2.40. The summed E-state index contributed by atoms with van der Waals surface area (Å²) < 4.78 is 13.9. The number of rotatable bonds is 2. The van der Waals surface area contributed by atoms with Crippen LogP contribution in [0.25, 0.3) is 0 Å². The smallest absolute Gasteiger partial charge is 0.129 e. The molecule has 1 aromatic carbocycles. The molecule has 1 unspecified atom stereocenters. The van der Waals surface area contributed by atoms with Gasteiger partial charge in [-0.2, -0.15) is 0 Å². The molecule has 1 heterocycles. The molecule has 19 heavy (non-hydrogen) atoms. The zero-order valence-corrected chi connectivity index (χ0v) is 13.3. The molecular formula is C15H15Cl2FS. The van der Waals surface area contributed by atoms with E-state index in [2.05, 4.69) is 20.8 Å². The molecule has 102 valence electrons. The molecular weight excluding hydrogens is 302 g/mol. The van der Waals surface area contributed by atoms with E-state index in [0.29, 0.717) is 10.6 Å². The van der Waals surface area contributed by atoms with Gasteiger partial charge in [-0.1, -0.05) is 38.4 Å². The van der Waals surface area contributed by atoms with Gasteiger partial charge in [0.2, 0.25) is 0 Å². The number of alkyl halides is 1. The third-order valence-corrected chi connectivity index (χ3v) is 5.36. The molecule has 0 aliphatic rings. The largest absolute Gasteiger partial charge is 0.207 e. The summed E-state index contributed by atoms with van der Waals surface area (Å²) in [7, 11) is 0. The van der Waals surface area contributed by atoms with Crippen molar-refractivity contribution in [2.75, 3.05) is 0 Å². The van der Waals surface area contributed by atoms with Crippen molar-refractivity contribution in [3.63, 3.8) is 0 Å². The second-order valence-corrected chi connectivity index (χ2v) is 7.41. The van der Waals surface area contributed by atoms with Crippen LogP contribution in [0.3, 0.4) is 0 Å². The molecule has 0 bridgehead atoms. The Hall–Kier alpha value is -0.570. The summed E-state index contributed by atoms with van der Waals surface area (Å²) in [6.45, 7) is 6.42. The van der Waals surface area contributed by atoms with Crippen molar-refractivity contribution in [3.05, 3.63) is 56.5 Å². The highest BCUT2D eigenvalue weighted by atomic mass is 35.5. The zero-order valence-electron chi connectivity index (χ0n) is 11.0. The molecule has 0 saturated carbocycles. The van der Waals surface area contributed by atoms with Crippen LogP contribution in [0.4, 0.5) is 4.39 Å². The lowest BCUT2D eigenvalue weighted by Crippen LogP contribution is -2.07. The molecule has 1 atom stereocenters. The van der Waals surface area contributed by atoms with Crippen LogP contribution < -0.4 is 0 Å².